The van der Waals surface area contributed by atoms with Gasteiger partial charge in [-0.05, 0) is 18.2 Å². The van der Waals surface area contributed by atoms with Crippen LogP contribution in [0.5, 0.6) is 11.5 Å². The van der Waals surface area contributed by atoms with Gasteiger partial charge < -0.3 is 10.5 Å². The van der Waals surface area contributed by atoms with Gasteiger partial charge in [0.05, 0.1) is 4.92 Å². The van der Waals surface area contributed by atoms with Crippen LogP contribution >= 0.6 is 0 Å². The number of rotatable bonds is 4. The molecular weight excluding hydrogens is 267 g/mol. The molecule has 0 amide bonds. The molecule has 7 nitrogen and oxygen atoms in total. The summed E-state index contributed by atoms with van der Waals surface area (Å²) in [5.41, 5.74) is 4.80. The zero-order valence-corrected chi connectivity index (χ0v) is 10.0. The number of halogens is 1. The van der Waals surface area contributed by atoms with E-state index in [0.29, 0.717) is 0 Å². The molecular formula is C12H9FN4O3. The number of hydrogen-bond acceptors (Lipinski definition) is 5. The Morgan fingerprint density at radius 3 is 2.80 bits per heavy atom. The van der Waals surface area contributed by atoms with Crippen molar-refractivity contribution in [3.05, 3.63) is 58.2 Å². The number of nitrogen functional groups attached to an aromatic ring is 1. The monoisotopic (exact) mass is 276 g/mol. The summed E-state index contributed by atoms with van der Waals surface area (Å²) in [5.74, 6) is -1.11. The fourth-order valence-electron chi connectivity index (χ4n) is 1.50. The molecule has 2 aromatic rings. The van der Waals surface area contributed by atoms with Crippen molar-refractivity contribution in [3.63, 3.8) is 0 Å². The first-order valence-electron chi connectivity index (χ1n) is 5.40. The number of aromatic nitrogens is 1. The van der Waals surface area contributed by atoms with Gasteiger partial charge in [-0.15, -0.1) is 0 Å². The third-order valence-corrected chi connectivity index (χ3v) is 2.37. The smallest absolute Gasteiger partial charge is 0.305 e. The molecule has 8 heteroatoms. The number of nitrogens with two attached hydrogens (primary N) is 1. The topological polar surface area (TPSA) is 115 Å². The Morgan fingerprint density at radius 1 is 1.45 bits per heavy atom. The molecule has 3 N–H and O–H groups in total. The first-order chi connectivity index (χ1) is 9.49. The van der Waals surface area contributed by atoms with E-state index in [-0.39, 0.29) is 23.0 Å². The number of ether oxygens (including phenoxy) is 1. The van der Waals surface area contributed by atoms with Crippen molar-refractivity contribution in [2.75, 3.05) is 0 Å². The van der Waals surface area contributed by atoms with E-state index in [2.05, 4.69) is 4.98 Å². The minimum Gasteiger partial charge on any atom is -0.455 e. The number of pyridine rings is 1. The highest BCUT2D eigenvalue weighted by Crippen LogP contribution is 2.27. The average molecular weight is 276 g/mol. The molecule has 0 atom stereocenters. The number of nitro benzene ring substituents is 1. The molecule has 0 saturated heterocycles. The lowest BCUT2D eigenvalue weighted by Gasteiger charge is -2.09. The highest BCUT2D eigenvalue weighted by atomic mass is 19.1. The Labute approximate surface area is 112 Å². The Balaban J connectivity index is 2.34. The van der Waals surface area contributed by atoms with Crippen molar-refractivity contribution in [2.45, 2.75) is 0 Å². The summed E-state index contributed by atoms with van der Waals surface area (Å²) in [6, 6.07) is 6.19. The molecule has 0 saturated carbocycles. The van der Waals surface area contributed by atoms with Gasteiger partial charge in [0, 0.05) is 18.3 Å². The summed E-state index contributed by atoms with van der Waals surface area (Å²) in [6.07, 6.45) is 1.43. The molecule has 20 heavy (non-hydrogen) atoms. The van der Waals surface area contributed by atoms with Crippen LogP contribution in [0.1, 0.15) is 5.69 Å². The summed E-state index contributed by atoms with van der Waals surface area (Å²) in [7, 11) is 0. The zero-order chi connectivity index (χ0) is 14.7. The summed E-state index contributed by atoms with van der Waals surface area (Å²) in [5, 5.41) is 17.9. The van der Waals surface area contributed by atoms with Gasteiger partial charge in [0.2, 0.25) is 5.82 Å². The Morgan fingerprint density at radius 2 is 2.20 bits per heavy atom. The van der Waals surface area contributed by atoms with Gasteiger partial charge in [-0.25, -0.2) is 4.98 Å². The lowest BCUT2D eigenvalue weighted by Crippen LogP contribution is -2.14. The highest BCUT2D eigenvalue weighted by molar-refractivity contribution is 5.95. The zero-order valence-electron chi connectivity index (χ0n) is 10.0. The number of benzene rings is 1. The molecule has 0 aliphatic carbocycles. The van der Waals surface area contributed by atoms with Gasteiger partial charge in [-0.2, -0.15) is 4.39 Å². The molecule has 0 aliphatic rings. The third-order valence-electron chi connectivity index (χ3n) is 2.37. The van der Waals surface area contributed by atoms with Gasteiger partial charge in [-0.3, -0.25) is 15.5 Å². The molecule has 0 aliphatic heterocycles. The average Bonchev–Trinajstić information content (AvgIpc) is 2.38. The van der Waals surface area contributed by atoms with Crippen LogP contribution in [0, 0.1) is 21.3 Å². The predicted molar refractivity (Wildman–Crippen MR) is 68.4 cm³/mol. The minimum absolute atomic E-state index is 0.0450. The fraction of sp³-hybridized carbons (Fsp3) is 0. The van der Waals surface area contributed by atoms with Crippen LogP contribution in [-0.2, 0) is 0 Å². The van der Waals surface area contributed by atoms with Gasteiger partial charge in [-0.1, -0.05) is 0 Å². The van der Waals surface area contributed by atoms with Crippen LogP contribution in [-0.4, -0.2) is 15.7 Å². The molecule has 0 unspecified atom stereocenters. The van der Waals surface area contributed by atoms with Crippen LogP contribution in [0.2, 0.25) is 0 Å². The second-order valence-corrected chi connectivity index (χ2v) is 3.74. The van der Waals surface area contributed by atoms with Crippen molar-refractivity contribution in [2.24, 2.45) is 5.73 Å². The van der Waals surface area contributed by atoms with Crippen LogP contribution < -0.4 is 10.5 Å². The number of hydrogen-bond donors (Lipinski definition) is 2. The van der Waals surface area contributed by atoms with E-state index in [1.807, 2.05) is 0 Å². The van der Waals surface area contributed by atoms with E-state index in [0.717, 1.165) is 12.1 Å². The van der Waals surface area contributed by atoms with Crippen LogP contribution in [0.25, 0.3) is 0 Å². The number of nitro groups is 1. The maximum atomic E-state index is 13.5. The summed E-state index contributed by atoms with van der Waals surface area (Å²) in [6.45, 7) is 0. The van der Waals surface area contributed by atoms with Gasteiger partial charge in [0.25, 0.3) is 0 Å². The van der Waals surface area contributed by atoms with Gasteiger partial charge >= 0.3 is 5.69 Å². The van der Waals surface area contributed by atoms with E-state index >= 15 is 0 Å². The summed E-state index contributed by atoms with van der Waals surface area (Å²) < 4.78 is 18.8. The van der Waals surface area contributed by atoms with Crippen LogP contribution in [0.3, 0.4) is 0 Å². The maximum Gasteiger partial charge on any atom is 0.305 e. The SMILES string of the molecule is N=C(N)c1ncccc1Oc1ccc([N+](=O)[O-])c(F)c1. The number of amidine groups is 1. The van der Waals surface area contributed by atoms with Crippen molar-refractivity contribution >= 4 is 11.5 Å². The molecule has 0 radical (unpaired) electrons. The van der Waals surface area contributed by atoms with E-state index in [9.17, 15) is 14.5 Å². The van der Waals surface area contributed by atoms with E-state index in [1.54, 1.807) is 6.07 Å². The molecule has 0 bridgehead atoms. The normalized spacial score (nSPS) is 10.1. The summed E-state index contributed by atoms with van der Waals surface area (Å²) in [4.78, 5) is 13.5. The Hall–Kier alpha value is -3.03. The third kappa shape index (κ3) is 2.69. The number of nitrogens with zero attached hydrogens (tertiary/aromatic N) is 2. The van der Waals surface area contributed by atoms with Crippen LogP contribution in [0.4, 0.5) is 10.1 Å². The predicted octanol–water partition coefficient (Wildman–Crippen LogP) is 2.21. The molecule has 0 spiro atoms. The van der Waals surface area contributed by atoms with E-state index in [1.165, 1.54) is 18.3 Å². The minimum atomic E-state index is -1.01. The highest BCUT2D eigenvalue weighted by Gasteiger charge is 2.15. The standard InChI is InChI=1S/C12H9FN4O3/c13-8-6-7(3-4-9(8)17(18)19)20-10-2-1-5-16-11(10)12(14)15/h1-6H,(H3,14,15). The molecule has 0 fully saturated rings. The molecule has 1 aromatic heterocycles. The van der Waals surface area contributed by atoms with E-state index < -0.39 is 16.4 Å². The van der Waals surface area contributed by atoms with Crippen LogP contribution in [0.15, 0.2) is 36.5 Å². The Kier molecular flexibility index (Phi) is 3.56. The number of nitrogens with one attached hydrogen (secondary N) is 1. The molecule has 1 aromatic carbocycles. The summed E-state index contributed by atoms with van der Waals surface area (Å²) >= 11 is 0. The van der Waals surface area contributed by atoms with Crippen molar-refractivity contribution < 1.29 is 14.1 Å². The molecule has 102 valence electrons. The molecule has 1 heterocycles. The first-order valence-corrected chi connectivity index (χ1v) is 5.40. The van der Waals surface area contributed by atoms with Gasteiger partial charge in [0.1, 0.15) is 17.3 Å². The first kappa shape index (κ1) is 13.4. The maximum absolute atomic E-state index is 13.5. The lowest BCUT2D eigenvalue weighted by molar-refractivity contribution is -0.387. The quantitative estimate of drug-likeness (QED) is 0.384. The van der Waals surface area contributed by atoms with Gasteiger partial charge in [0.15, 0.2) is 5.75 Å². The fourth-order valence-corrected chi connectivity index (χ4v) is 1.50. The molecule has 2 rings (SSSR count). The second-order valence-electron chi connectivity index (χ2n) is 3.74. The lowest BCUT2D eigenvalue weighted by atomic mass is 10.2. The van der Waals surface area contributed by atoms with E-state index in [4.69, 9.17) is 15.9 Å². The second kappa shape index (κ2) is 5.31. The Bertz CT molecular complexity index is 690. The van der Waals surface area contributed by atoms with Crippen molar-refractivity contribution in [1.29, 1.82) is 5.41 Å². The van der Waals surface area contributed by atoms with Crippen molar-refractivity contribution in [1.82, 2.24) is 4.98 Å². The largest absolute Gasteiger partial charge is 0.455 e. The van der Waals surface area contributed by atoms with Crippen molar-refractivity contribution in [3.8, 4) is 11.5 Å².